The minimum absolute atomic E-state index is 0.0719. The first-order valence-corrected chi connectivity index (χ1v) is 9.49. The van der Waals surface area contributed by atoms with Gasteiger partial charge in [-0.25, -0.2) is 5.43 Å². The standard InChI is InChI=1S/C19H18N4O5.C2H6/c1-11-9-17(24)21-22-18(11)13-5-8-15(16(10-13)23(26)27)20-19(25)12-3-6-14(28-2)7-4-12;1-2/h3-8,10-11H,9H2,1-2H3,(H,20,25)(H,21,24);1-2H3. The second kappa shape index (κ2) is 10.1. The normalized spacial score (nSPS) is 15.1. The molecule has 1 unspecified atom stereocenters. The summed E-state index contributed by atoms with van der Waals surface area (Å²) in [6.45, 7) is 5.82. The van der Waals surface area contributed by atoms with E-state index in [1.165, 1.54) is 19.2 Å². The van der Waals surface area contributed by atoms with Crippen LogP contribution >= 0.6 is 0 Å². The number of hydrogen-bond donors (Lipinski definition) is 2. The lowest BCUT2D eigenvalue weighted by Gasteiger charge is -2.19. The third kappa shape index (κ3) is 5.19. The molecule has 3 rings (SSSR count). The molecule has 0 bridgehead atoms. The Bertz CT molecular complexity index is 970. The average molecular weight is 412 g/mol. The summed E-state index contributed by atoms with van der Waals surface area (Å²) >= 11 is 0. The number of nitro groups is 1. The van der Waals surface area contributed by atoms with Crippen LogP contribution in [0, 0.1) is 16.0 Å². The predicted molar refractivity (Wildman–Crippen MR) is 114 cm³/mol. The van der Waals surface area contributed by atoms with Gasteiger partial charge in [-0.1, -0.05) is 26.8 Å². The molecule has 1 atom stereocenters. The van der Waals surface area contributed by atoms with Crippen LogP contribution < -0.4 is 15.5 Å². The lowest BCUT2D eigenvalue weighted by atomic mass is 9.93. The fourth-order valence-corrected chi connectivity index (χ4v) is 2.89. The fourth-order valence-electron chi connectivity index (χ4n) is 2.89. The molecule has 0 aromatic heterocycles. The lowest BCUT2D eigenvalue weighted by molar-refractivity contribution is -0.383. The Hall–Kier alpha value is -3.75. The molecule has 0 aliphatic carbocycles. The molecule has 2 amide bonds. The highest BCUT2D eigenvalue weighted by Gasteiger charge is 2.25. The summed E-state index contributed by atoms with van der Waals surface area (Å²) in [4.78, 5) is 34.8. The molecule has 0 spiro atoms. The highest BCUT2D eigenvalue weighted by molar-refractivity contribution is 6.08. The average Bonchev–Trinajstić information content (AvgIpc) is 2.75. The van der Waals surface area contributed by atoms with Crippen LogP contribution in [0.25, 0.3) is 0 Å². The van der Waals surface area contributed by atoms with E-state index in [4.69, 9.17) is 4.74 Å². The van der Waals surface area contributed by atoms with Gasteiger partial charge in [-0.2, -0.15) is 5.10 Å². The zero-order valence-electron chi connectivity index (χ0n) is 17.3. The van der Waals surface area contributed by atoms with Gasteiger partial charge in [0.15, 0.2) is 0 Å². The number of methoxy groups -OCH3 is 1. The number of nitrogens with one attached hydrogen (secondary N) is 2. The summed E-state index contributed by atoms with van der Waals surface area (Å²) in [5, 5.41) is 18.1. The number of carbonyl (C=O) groups excluding carboxylic acids is 2. The first-order chi connectivity index (χ1) is 14.4. The highest BCUT2D eigenvalue weighted by Crippen LogP contribution is 2.28. The molecule has 1 aliphatic rings. The van der Waals surface area contributed by atoms with Crippen molar-refractivity contribution in [1.82, 2.24) is 5.43 Å². The van der Waals surface area contributed by atoms with Crippen molar-refractivity contribution in [2.24, 2.45) is 11.0 Å². The van der Waals surface area contributed by atoms with Crippen LogP contribution in [-0.4, -0.2) is 29.6 Å². The zero-order chi connectivity index (χ0) is 22.3. The molecule has 30 heavy (non-hydrogen) atoms. The lowest BCUT2D eigenvalue weighted by Crippen LogP contribution is -2.32. The fraction of sp³-hybridized carbons (Fsp3) is 0.286. The second-order valence-corrected chi connectivity index (χ2v) is 6.31. The van der Waals surface area contributed by atoms with Crippen LogP contribution in [0.5, 0.6) is 5.75 Å². The summed E-state index contributed by atoms with van der Waals surface area (Å²) < 4.78 is 5.05. The van der Waals surface area contributed by atoms with E-state index < -0.39 is 10.8 Å². The Morgan fingerprint density at radius 2 is 1.90 bits per heavy atom. The molecular weight excluding hydrogens is 388 g/mol. The minimum Gasteiger partial charge on any atom is -0.497 e. The number of nitrogens with zero attached hydrogens (tertiary/aromatic N) is 2. The van der Waals surface area contributed by atoms with E-state index in [1.54, 1.807) is 30.3 Å². The number of rotatable bonds is 5. The minimum atomic E-state index is -0.570. The van der Waals surface area contributed by atoms with E-state index in [2.05, 4.69) is 15.8 Å². The molecule has 0 saturated carbocycles. The van der Waals surface area contributed by atoms with Gasteiger partial charge in [-0.15, -0.1) is 0 Å². The van der Waals surface area contributed by atoms with Gasteiger partial charge in [0.2, 0.25) is 5.91 Å². The summed E-state index contributed by atoms with van der Waals surface area (Å²) in [5.41, 5.74) is 3.61. The maximum Gasteiger partial charge on any atom is 0.293 e. The predicted octanol–water partition coefficient (Wildman–Crippen LogP) is 3.74. The van der Waals surface area contributed by atoms with Crippen molar-refractivity contribution in [3.8, 4) is 5.75 Å². The number of anilines is 1. The molecule has 0 radical (unpaired) electrons. The van der Waals surface area contributed by atoms with Crippen molar-refractivity contribution in [2.75, 3.05) is 12.4 Å². The van der Waals surface area contributed by atoms with Crippen LogP contribution in [0.15, 0.2) is 47.6 Å². The van der Waals surface area contributed by atoms with Crippen molar-refractivity contribution >= 4 is 28.9 Å². The van der Waals surface area contributed by atoms with Crippen LogP contribution in [0.4, 0.5) is 11.4 Å². The number of ether oxygens (including phenoxy) is 1. The smallest absolute Gasteiger partial charge is 0.293 e. The Morgan fingerprint density at radius 1 is 1.23 bits per heavy atom. The molecule has 0 fully saturated rings. The van der Waals surface area contributed by atoms with Gasteiger partial charge < -0.3 is 10.1 Å². The van der Waals surface area contributed by atoms with Crippen LogP contribution in [-0.2, 0) is 4.79 Å². The van der Waals surface area contributed by atoms with Crippen molar-refractivity contribution in [3.05, 3.63) is 63.7 Å². The SMILES string of the molecule is CC.COc1ccc(C(=O)Nc2ccc(C3=NNC(=O)CC3C)cc2[N+](=O)[O-])cc1. The molecule has 2 aromatic carbocycles. The van der Waals surface area contributed by atoms with E-state index in [-0.39, 0.29) is 29.6 Å². The Balaban J connectivity index is 0.00000155. The first-order valence-electron chi connectivity index (χ1n) is 9.49. The summed E-state index contributed by atoms with van der Waals surface area (Å²) in [6, 6.07) is 10.8. The van der Waals surface area contributed by atoms with Gasteiger partial charge in [0, 0.05) is 29.5 Å². The topological polar surface area (TPSA) is 123 Å². The van der Waals surface area contributed by atoms with Gasteiger partial charge >= 0.3 is 0 Å². The Morgan fingerprint density at radius 3 is 2.47 bits per heavy atom. The maximum absolute atomic E-state index is 12.4. The van der Waals surface area contributed by atoms with Crippen LogP contribution in [0.2, 0.25) is 0 Å². The molecule has 1 heterocycles. The van der Waals surface area contributed by atoms with Gasteiger partial charge in [0.1, 0.15) is 11.4 Å². The van der Waals surface area contributed by atoms with E-state index in [0.717, 1.165) is 0 Å². The monoisotopic (exact) mass is 412 g/mol. The largest absolute Gasteiger partial charge is 0.497 e. The van der Waals surface area contributed by atoms with Crippen molar-refractivity contribution in [1.29, 1.82) is 0 Å². The van der Waals surface area contributed by atoms with Crippen molar-refractivity contribution in [3.63, 3.8) is 0 Å². The van der Waals surface area contributed by atoms with Gasteiger partial charge in [0.25, 0.3) is 11.6 Å². The summed E-state index contributed by atoms with van der Waals surface area (Å²) in [6.07, 6.45) is 0.253. The van der Waals surface area contributed by atoms with Crippen molar-refractivity contribution in [2.45, 2.75) is 27.2 Å². The molecule has 2 N–H and O–H groups in total. The van der Waals surface area contributed by atoms with E-state index >= 15 is 0 Å². The Labute approximate surface area is 174 Å². The molecule has 9 heteroatoms. The number of nitro benzene ring substituents is 1. The molecule has 0 saturated heterocycles. The molecular formula is C21H24N4O5. The third-order valence-corrected chi connectivity index (χ3v) is 4.35. The third-order valence-electron chi connectivity index (χ3n) is 4.35. The van der Waals surface area contributed by atoms with Crippen LogP contribution in [0.3, 0.4) is 0 Å². The number of hydrogen-bond acceptors (Lipinski definition) is 6. The second-order valence-electron chi connectivity index (χ2n) is 6.31. The van der Waals surface area contributed by atoms with Crippen molar-refractivity contribution < 1.29 is 19.2 Å². The van der Waals surface area contributed by atoms with Crippen LogP contribution in [0.1, 0.15) is 43.1 Å². The maximum atomic E-state index is 12.4. The molecule has 158 valence electrons. The molecule has 9 nitrogen and oxygen atoms in total. The number of carbonyl (C=O) groups is 2. The summed E-state index contributed by atoms with van der Waals surface area (Å²) in [5.74, 6) is -0.252. The Kier molecular flexibility index (Phi) is 7.62. The number of hydrazone groups is 1. The van der Waals surface area contributed by atoms with E-state index in [0.29, 0.717) is 22.6 Å². The number of benzene rings is 2. The quantitative estimate of drug-likeness (QED) is 0.572. The highest BCUT2D eigenvalue weighted by atomic mass is 16.6. The van der Waals surface area contributed by atoms with Gasteiger partial charge in [-0.3, -0.25) is 19.7 Å². The number of amides is 2. The molecule has 2 aromatic rings. The first kappa shape index (κ1) is 22.5. The van der Waals surface area contributed by atoms with E-state index in [1.807, 2.05) is 20.8 Å². The molecule has 1 aliphatic heterocycles. The van der Waals surface area contributed by atoms with E-state index in [9.17, 15) is 19.7 Å². The van der Waals surface area contributed by atoms with Gasteiger partial charge in [0.05, 0.1) is 17.7 Å². The van der Waals surface area contributed by atoms with Gasteiger partial charge in [-0.05, 0) is 30.3 Å². The zero-order valence-corrected chi connectivity index (χ0v) is 17.3. The summed E-state index contributed by atoms with van der Waals surface area (Å²) in [7, 11) is 1.52.